The molecule has 0 N–H and O–H groups in total. The summed E-state index contributed by atoms with van der Waals surface area (Å²) in [6, 6.07) is 12.8. The molecule has 1 atom stereocenters. The van der Waals surface area contributed by atoms with E-state index in [0.717, 1.165) is 28.1 Å². The van der Waals surface area contributed by atoms with Crippen molar-refractivity contribution >= 4 is 68.8 Å². The number of carbonyl (C=O) groups excluding carboxylic acids is 2. The van der Waals surface area contributed by atoms with Crippen molar-refractivity contribution in [2.75, 3.05) is 12.0 Å². The van der Waals surface area contributed by atoms with Crippen LogP contribution in [0.1, 0.15) is 12.0 Å². The molecule has 134 valence electrons. The number of amides is 1. The summed E-state index contributed by atoms with van der Waals surface area (Å²) in [5.74, 6) is -1.04. The zero-order valence-electron chi connectivity index (χ0n) is 14.0. The van der Waals surface area contributed by atoms with Gasteiger partial charge >= 0.3 is 0 Å². The summed E-state index contributed by atoms with van der Waals surface area (Å²) >= 11 is 7.91. The minimum Gasteiger partial charge on any atom is -0.548 e. The van der Waals surface area contributed by atoms with Crippen molar-refractivity contribution in [3.8, 4) is 0 Å². The summed E-state index contributed by atoms with van der Waals surface area (Å²) in [5.41, 5.74) is 0.873. The second-order valence-corrected chi connectivity index (χ2v) is 8.44. The smallest absolute Gasteiger partial charge is 0.266 e. The molecule has 7 heteroatoms. The summed E-state index contributed by atoms with van der Waals surface area (Å²) in [7, 11) is 0. The average molecular weight is 403 g/mol. The van der Waals surface area contributed by atoms with Crippen molar-refractivity contribution in [2.24, 2.45) is 0 Å². The van der Waals surface area contributed by atoms with E-state index >= 15 is 0 Å². The zero-order valence-corrected chi connectivity index (χ0v) is 16.5. The number of carboxylic acid groups (broad SMARTS) is 1. The fourth-order valence-corrected chi connectivity index (χ4v) is 4.60. The van der Waals surface area contributed by atoms with Crippen molar-refractivity contribution in [1.29, 1.82) is 0 Å². The summed E-state index contributed by atoms with van der Waals surface area (Å²) in [5, 5.41) is 13.7. The molecular formula is C19H16NO3S3-. The molecule has 1 amide bonds. The maximum Gasteiger partial charge on any atom is 0.266 e. The molecule has 1 aliphatic rings. The highest BCUT2D eigenvalue weighted by Gasteiger charge is 2.37. The number of thiocarbonyl (C=S) groups is 1. The van der Waals surface area contributed by atoms with Gasteiger partial charge in [-0.2, -0.15) is 11.8 Å². The number of hydrogen-bond acceptors (Lipinski definition) is 6. The van der Waals surface area contributed by atoms with E-state index in [0.29, 0.717) is 17.1 Å². The van der Waals surface area contributed by atoms with E-state index in [1.807, 2.05) is 48.7 Å². The fraction of sp³-hybridized carbons (Fsp3) is 0.211. The third-order valence-electron chi connectivity index (χ3n) is 4.07. The van der Waals surface area contributed by atoms with Crippen LogP contribution >= 0.6 is 35.7 Å². The van der Waals surface area contributed by atoms with Crippen LogP contribution in [0.4, 0.5) is 0 Å². The van der Waals surface area contributed by atoms with Gasteiger partial charge in [-0.3, -0.25) is 9.69 Å². The minimum absolute atomic E-state index is 0.261. The molecule has 0 unspecified atom stereocenters. The number of carboxylic acids is 1. The Kier molecular flexibility index (Phi) is 6.01. The molecule has 0 spiro atoms. The predicted octanol–water partition coefficient (Wildman–Crippen LogP) is 2.91. The molecule has 1 fully saturated rings. The number of benzene rings is 2. The molecule has 2 aromatic carbocycles. The topological polar surface area (TPSA) is 60.4 Å². The van der Waals surface area contributed by atoms with Crippen LogP contribution in [-0.4, -0.2) is 39.1 Å². The highest BCUT2D eigenvalue weighted by molar-refractivity contribution is 8.26. The van der Waals surface area contributed by atoms with Crippen molar-refractivity contribution in [3.05, 3.63) is 52.9 Å². The zero-order chi connectivity index (χ0) is 18.7. The summed E-state index contributed by atoms with van der Waals surface area (Å²) in [6.45, 7) is 0. The third-order valence-corrected chi connectivity index (χ3v) is 6.05. The molecule has 0 saturated carbocycles. The lowest BCUT2D eigenvalue weighted by Gasteiger charge is -2.27. The summed E-state index contributed by atoms with van der Waals surface area (Å²) in [6.07, 6.45) is 3.95. The number of hydrogen-bond donors (Lipinski definition) is 0. The molecule has 0 radical (unpaired) electrons. The largest absolute Gasteiger partial charge is 0.548 e. The standard InChI is InChI=1S/C19H17NO3S3/c1-25-9-8-15(18(22)23)20-17(21)16(26-19(20)24)11-12-6-7-13-4-2-3-5-14(13)10-12/h2-7,10-11,15H,8-9H2,1H3,(H,22,23)/p-1/b16-11+/t15-/m1/s1. The molecule has 0 aromatic heterocycles. The van der Waals surface area contributed by atoms with E-state index in [9.17, 15) is 14.7 Å². The number of aliphatic carboxylic acids is 1. The van der Waals surface area contributed by atoms with E-state index < -0.39 is 12.0 Å². The van der Waals surface area contributed by atoms with Crippen LogP contribution in [0.2, 0.25) is 0 Å². The Hall–Kier alpha value is -1.83. The monoisotopic (exact) mass is 402 g/mol. The first-order valence-corrected chi connectivity index (χ1v) is 10.6. The summed E-state index contributed by atoms with van der Waals surface area (Å²) < 4.78 is 0.261. The number of fused-ring (bicyclic) bond motifs is 1. The highest BCUT2D eigenvalue weighted by Crippen LogP contribution is 2.35. The van der Waals surface area contributed by atoms with Gasteiger partial charge in [0.1, 0.15) is 4.32 Å². The van der Waals surface area contributed by atoms with E-state index in [-0.39, 0.29) is 10.2 Å². The lowest BCUT2D eigenvalue weighted by molar-refractivity contribution is -0.310. The van der Waals surface area contributed by atoms with Gasteiger partial charge in [0.25, 0.3) is 5.91 Å². The van der Waals surface area contributed by atoms with Gasteiger partial charge in [-0.15, -0.1) is 0 Å². The SMILES string of the molecule is CSCC[C@H](C(=O)[O-])N1C(=O)/C(=C\c2ccc3ccccc3c2)SC1=S. The second kappa shape index (κ2) is 8.24. The molecule has 4 nitrogen and oxygen atoms in total. The first kappa shape index (κ1) is 18.9. The van der Waals surface area contributed by atoms with Crippen molar-refractivity contribution in [2.45, 2.75) is 12.5 Å². The minimum atomic E-state index is -1.28. The fourth-order valence-electron chi connectivity index (χ4n) is 2.78. The Morgan fingerprint density at radius 3 is 2.73 bits per heavy atom. The molecule has 1 saturated heterocycles. The molecule has 26 heavy (non-hydrogen) atoms. The number of nitrogens with zero attached hydrogens (tertiary/aromatic N) is 1. The molecule has 3 rings (SSSR count). The Balaban J connectivity index is 1.89. The van der Waals surface area contributed by atoms with Gasteiger partial charge in [-0.05, 0) is 46.9 Å². The number of rotatable bonds is 6. The van der Waals surface area contributed by atoms with Gasteiger partial charge in [-0.25, -0.2) is 0 Å². The quantitative estimate of drug-likeness (QED) is 0.547. The first-order chi connectivity index (χ1) is 12.5. The average Bonchev–Trinajstić information content (AvgIpc) is 2.89. The van der Waals surface area contributed by atoms with Crippen LogP contribution < -0.4 is 5.11 Å². The van der Waals surface area contributed by atoms with Crippen molar-refractivity contribution in [1.82, 2.24) is 4.90 Å². The third kappa shape index (κ3) is 3.95. The van der Waals surface area contributed by atoms with Crippen LogP contribution in [0.15, 0.2) is 47.4 Å². The lowest BCUT2D eigenvalue weighted by Crippen LogP contribution is -2.50. The molecule has 1 heterocycles. The Morgan fingerprint density at radius 1 is 1.31 bits per heavy atom. The maximum atomic E-state index is 12.7. The first-order valence-electron chi connectivity index (χ1n) is 7.97. The van der Waals surface area contributed by atoms with Gasteiger partial charge in [-0.1, -0.05) is 60.4 Å². The van der Waals surface area contributed by atoms with Gasteiger partial charge in [0, 0.05) is 0 Å². The Morgan fingerprint density at radius 2 is 2.04 bits per heavy atom. The van der Waals surface area contributed by atoms with Crippen LogP contribution in [0.25, 0.3) is 16.8 Å². The summed E-state index contributed by atoms with van der Waals surface area (Å²) in [4.78, 5) is 25.8. The van der Waals surface area contributed by atoms with Gasteiger partial charge < -0.3 is 9.90 Å². The van der Waals surface area contributed by atoms with Crippen molar-refractivity contribution < 1.29 is 14.7 Å². The lowest BCUT2D eigenvalue weighted by atomic mass is 10.1. The van der Waals surface area contributed by atoms with Gasteiger partial charge in [0.15, 0.2) is 0 Å². The normalized spacial score (nSPS) is 17.3. The van der Waals surface area contributed by atoms with Crippen molar-refractivity contribution in [3.63, 3.8) is 0 Å². The van der Waals surface area contributed by atoms with Gasteiger partial charge in [0.05, 0.1) is 16.9 Å². The van der Waals surface area contributed by atoms with Crippen LogP contribution in [0.5, 0.6) is 0 Å². The molecule has 2 aromatic rings. The van der Waals surface area contributed by atoms with E-state index in [1.165, 1.54) is 16.7 Å². The van der Waals surface area contributed by atoms with E-state index in [2.05, 4.69) is 0 Å². The maximum absolute atomic E-state index is 12.7. The van der Waals surface area contributed by atoms with E-state index in [1.54, 1.807) is 6.08 Å². The Bertz CT molecular complexity index is 910. The van der Waals surface area contributed by atoms with Crippen LogP contribution in [-0.2, 0) is 9.59 Å². The number of carbonyl (C=O) groups is 2. The molecule has 0 aliphatic carbocycles. The number of thioether (sulfide) groups is 2. The second-order valence-electron chi connectivity index (χ2n) is 5.77. The molecule has 0 bridgehead atoms. The van der Waals surface area contributed by atoms with Crippen LogP contribution in [0, 0.1) is 0 Å². The van der Waals surface area contributed by atoms with E-state index in [4.69, 9.17) is 12.2 Å². The van der Waals surface area contributed by atoms with Gasteiger partial charge in [0.2, 0.25) is 0 Å². The predicted molar refractivity (Wildman–Crippen MR) is 111 cm³/mol. The Labute approximate surface area is 165 Å². The molecular weight excluding hydrogens is 386 g/mol. The van der Waals surface area contributed by atoms with Crippen LogP contribution in [0.3, 0.4) is 0 Å². The highest BCUT2D eigenvalue weighted by atomic mass is 32.2. The molecule has 1 aliphatic heterocycles.